The molecule has 2 atom stereocenters. The second-order valence-corrected chi connectivity index (χ2v) is 5.40. The molecule has 2 heterocycles. The number of likely N-dealkylation sites (tertiary alicyclic amines) is 1. The maximum Gasteiger partial charge on any atom is 0.256 e. The van der Waals surface area contributed by atoms with Gasteiger partial charge in [-0.2, -0.15) is 0 Å². The van der Waals surface area contributed by atoms with E-state index in [1.54, 1.807) is 11.0 Å². The molecular formula is C13H14ClFN2O. The maximum absolute atomic E-state index is 13.8. The van der Waals surface area contributed by atoms with Crippen molar-refractivity contribution >= 4 is 17.5 Å². The Labute approximate surface area is 110 Å². The molecule has 0 aromatic heterocycles. The van der Waals surface area contributed by atoms with Crippen LogP contribution in [-0.4, -0.2) is 37.0 Å². The highest BCUT2D eigenvalue weighted by atomic mass is 35.5. The van der Waals surface area contributed by atoms with Crippen molar-refractivity contribution in [2.24, 2.45) is 11.8 Å². The van der Waals surface area contributed by atoms with Gasteiger partial charge in [-0.05, 0) is 24.0 Å². The molecule has 18 heavy (non-hydrogen) atoms. The fraction of sp³-hybridized carbons (Fsp3) is 0.462. The first-order valence-corrected chi connectivity index (χ1v) is 6.48. The molecular weight excluding hydrogens is 255 g/mol. The van der Waals surface area contributed by atoms with Crippen LogP contribution < -0.4 is 5.32 Å². The number of fused-ring (bicyclic) bond motifs is 1. The lowest BCUT2D eigenvalue weighted by Crippen LogP contribution is -2.32. The molecule has 0 aliphatic carbocycles. The van der Waals surface area contributed by atoms with E-state index in [0.29, 0.717) is 24.9 Å². The summed E-state index contributed by atoms with van der Waals surface area (Å²) >= 11 is 5.70. The van der Waals surface area contributed by atoms with Crippen LogP contribution in [0.1, 0.15) is 10.4 Å². The zero-order valence-electron chi connectivity index (χ0n) is 9.83. The van der Waals surface area contributed by atoms with E-state index in [9.17, 15) is 9.18 Å². The van der Waals surface area contributed by atoms with E-state index in [4.69, 9.17) is 11.6 Å². The Morgan fingerprint density at radius 2 is 2.00 bits per heavy atom. The number of carbonyl (C=O) groups excluding carboxylic acids is 1. The average molecular weight is 269 g/mol. The van der Waals surface area contributed by atoms with Gasteiger partial charge < -0.3 is 10.2 Å². The first kappa shape index (κ1) is 11.9. The highest BCUT2D eigenvalue weighted by molar-refractivity contribution is 6.31. The van der Waals surface area contributed by atoms with Crippen molar-refractivity contribution in [1.29, 1.82) is 0 Å². The van der Waals surface area contributed by atoms with E-state index in [-0.39, 0.29) is 16.5 Å². The molecule has 3 rings (SSSR count). The van der Waals surface area contributed by atoms with Gasteiger partial charge in [-0.25, -0.2) is 4.39 Å². The van der Waals surface area contributed by atoms with Gasteiger partial charge in [0.2, 0.25) is 0 Å². The van der Waals surface area contributed by atoms with E-state index in [1.807, 2.05) is 0 Å². The standard InChI is InChI=1S/C13H14ClFN2O/c14-11-3-1-2-10(12(11)15)13(18)17-6-8-4-16-5-9(8)7-17/h1-3,8-9,16H,4-7H2/t8-,9+. The molecule has 0 radical (unpaired) electrons. The number of carbonyl (C=O) groups is 1. The van der Waals surface area contributed by atoms with E-state index in [1.165, 1.54) is 12.1 Å². The van der Waals surface area contributed by atoms with E-state index >= 15 is 0 Å². The van der Waals surface area contributed by atoms with Crippen molar-refractivity contribution < 1.29 is 9.18 Å². The van der Waals surface area contributed by atoms with Crippen molar-refractivity contribution in [3.8, 4) is 0 Å². The summed E-state index contributed by atoms with van der Waals surface area (Å²) in [7, 11) is 0. The molecule has 2 saturated heterocycles. The Morgan fingerprint density at radius 1 is 1.33 bits per heavy atom. The van der Waals surface area contributed by atoms with Crippen LogP contribution in [0.4, 0.5) is 4.39 Å². The summed E-state index contributed by atoms with van der Waals surface area (Å²) in [6, 6.07) is 4.56. The van der Waals surface area contributed by atoms with Gasteiger partial charge in [0, 0.05) is 26.2 Å². The molecule has 2 aliphatic heterocycles. The second-order valence-electron chi connectivity index (χ2n) is 4.99. The van der Waals surface area contributed by atoms with E-state index in [2.05, 4.69) is 5.32 Å². The van der Waals surface area contributed by atoms with Gasteiger partial charge in [0.05, 0.1) is 10.6 Å². The molecule has 1 aromatic carbocycles. The Morgan fingerprint density at radius 3 is 2.67 bits per heavy atom. The molecule has 2 fully saturated rings. The first-order chi connectivity index (χ1) is 8.66. The largest absolute Gasteiger partial charge is 0.338 e. The zero-order valence-corrected chi connectivity index (χ0v) is 10.6. The fourth-order valence-corrected chi connectivity index (χ4v) is 3.04. The predicted octanol–water partition coefficient (Wildman–Crippen LogP) is 1.77. The molecule has 1 aromatic rings. The van der Waals surface area contributed by atoms with Crippen LogP contribution in [0.5, 0.6) is 0 Å². The number of benzene rings is 1. The number of amides is 1. The number of nitrogens with one attached hydrogen (secondary N) is 1. The van der Waals surface area contributed by atoms with Crippen LogP contribution in [0.2, 0.25) is 5.02 Å². The Bertz CT molecular complexity index is 482. The number of hydrogen-bond donors (Lipinski definition) is 1. The third-order valence-electron chi connectivity index (χ3n) is 3.86. The monoisotopic (exact) mass is 268 g/mol. The van der Waals surface area contributed by atoms with Crippen molar-refractivity contribution in [3.63, 3.8) is 0 Å². The van der Waals surface area contributed by atoms with Gasteiger partial charge in [-0.1, -0.05) is 17.7 Å². The lowest BCUT2D eigenvalue weighted by atomic mass is 10.0. The Hall–Kier alpha value is -1.13. The fourth-order valence-electron chi connectivity index (χ4n) is 2.86. The molecule has 1 N–H and O–H groups in total. The van der Waals surface area contributed by atoms with Gasteiger partial charge in [-0.15, -0.1) is 0 Å². The molecule has 2 aliphatic rings. The molecule has 0 saturated carbocycles. The summed E-state index contributed by atoms with van der Waals surface area (Å²) in [4.78, 5) is 14.0. The minimum absolute atomic E-state index is 0.00177. The topological polar surface area (TPSA) is 32.3 Å². The normalized spacial score (nSPS) is 26.4. The maximum atomic E-state index is 13.8. The summed E-state index contributed by atoms with van der Waals surface area (Å²) < 4.78 is 13.8. The van der Waals surface area contributed by atoms with Crippen molar-refractivity contribution in [2.75, 3.05) is 26.2 Å². The lowest BCUT2D eigenvalue weighted by molar-refractivity contribution is 0.0777. The minimum Gasteiger partial charge on any atom is -0.338 e. The van der Waals surface area contributed by atoms with Crippen LogP contribution in [0, 0.1) is 17.7 Å². The number of hydrogen-bond acceptors (Lipinski definition) is 2. The summed E-state index contributed by atoms with van der Waals surface area (Å²) in [5.41, 5.74) is 0.0791. The second kappa shape index (κ2) is 4.52. The highest BCUT2D eigenvalue weighted by Gasteiger charge is 2.38. The molecule has 0 spiro atoms. The van der Waals surface area contributed by atoms with Gasteiger partial charge in [0.15, 0.2) is 5.82 Å². The highest BCUT2D eigenvalue weighted by Crippen LogP contribution is 2.28. The summed E-state index contributed by atoms with van der Waals surface area (Å²) in [6.07, 6.45) is 0. The van der Waals surface area contributed by atoms with Gasteiger partial charge in [-0.3, -0.25) is 4.79 Å². The first-order valence-electron chi connectivity index (χ1n) is 6.11. The van der Waals surface area contributed by atoms with Crippen molar-refractivity contribution in [2.45, 2.75) is 0 Å². The van der Waals surface area contributed by atoms with Gasteiger partial charge in [0.25, 0.3) is 5.91 Å². The smallest absolute Gasteiger partial charge is 0.256 e. The van der Waals surface area contributed by atoms with E-state index < -0.39 is 5.82 Å². The van der Waals surface area contributed by atoms with Crippen LogP contribution in [0.15, 0.2) is 18.2 Å². The zero-order chi connectivity index (χ0) is 12.7. The Kier molecular flexibility index (Phi) is 2.99. The van der Waals surface area contributed by atoms with E-state index in [0.717, 1.165) is 13.1 Å². The molecule has 3 nitrogen and oxygen atoms in total. The van der Waals surface area contributed by atoms with Crippen LogP contribution >= 0.6 is 11.6 Å². The van der Waals surface area contributed by atoms with Gasteiger partial charge in [0.1, 0.15) is 0 Å². The minimum atomic E-state index is -0.612. The summed E-state index contributed by atoms with van der Waals surface area (Å²) in [5, 5.41) is 3.31. The average Bonchev–Trinajstić information content (AvgIpc) is 2.92. The molecule has 5 heteroatoms. The van der Waals surface area contributed by atoms with Crippen molar-refractivity contribution in [1.82, 2.24) is 10.2 Å². The van der Waals surface area contributed by atoms with Gasteiger partial charge >= 0.3 is 0 Å². The molecule has 1 amide bonds. The molecule has 0 bridgehead atoms. The molecule has 96 valence electrons. The van der Waals surface area contributed by atoms with Crippen LogP contribution in [0.3, 0.4) is 0 Å². The molecule has 0 unspecified atom stereocenters. The third-order valence-corrected chi connectivity index (χ3v) is 4.15. The lowest BCUT2D eigenvalue weighted by Gasteiger charge is -2.18. The number of halogens is 2. The number of rotatable bonds is 1. The summed E-state index contributed by atoms with van der Waals surface area (Å²) in [5.74, 6) is 0.163. The predicted molar refractivity (Wildman–Crippen MR) is 67.2 cm³/mol. The van der Waals surface area contributed by atoms with Crippen LogP contribution in [0.25, 0.3) is 0 Å². The van der Waals surface area contributed by atoms with Crippen LogP contribution in [-0.2, 0) is 0 Å². The van der Waals surface area contributed by atoms with Crippen molar-refractivity contribution in [3.05, 3.63) is 34.6 Å². The summed E-state index contributed by atoms with van der Waals surface area (Å²) in [6.45, 7) is 3.32. The Balaban J connectivity index is 1.81. The SMILES string of the molecule is O=C(c1cccc(Cl)c1F)N1C[C@H]2CNC[C@H]2C1. The third kappa shape index (κ3) is 1.89. The number of nitrogens with zero attached hydrogens (tertiary/aromatic N) is 1. The quantitative estimate of drug-likeness (QED) is 0.842.